The molecule has 1 aliphatic rings. The molecule has 0 aliphatic heterocycles. The Bertz CT molecular complexity index is 765. The Hall–Kier alpha value is -1.88. The molecule has 0 bridgehead atoms. The van der Waals surface area contributed by atoms with E-state index in [4.69, 9.17) is 16.7 Å². The van der Waals surface area contributed by atoms with Gasteiger partial charge in [-0.25, -0.2) is 9.18 Å². The van der Waals surface area contributed by atoms with E-state index in [0.717, 1.165) is 18.9 Å². The number of carboxylic acids is 1. The average molecular weight is 281 g/mol. The molecule has 1 aromatic carbocycles. The number of halogens is 2. The molecule has 1 aliphatic carbocycles. The number of benzene rings is 1. The fraction of sp³-hybridized carbons (Fsp3) is 0.231. The highest BCUT2D eigenvalue weighted by atomic mass is 35.5. The summed E-state index contributed by atoms with van der Waals surface area (Å²) in [6.45, 7) is 0. The number of pyridine rings is 1. The zero-order chi connectivity index (χ0) is 13.7. The van der Waals surface area contributed by atoms with Crippen molar-refractivity contribution in [2.24, 2.45) is 0 Å². The summed E-state index contributed by atoms with van der Waals surface area (Å²) in [5.41, 5.74) is -0.556. The molecule has 0 radical (unpaired) electrons. The minimum absolute atomic E-state index is 0.0497. The van der Waals surface area contributed by atoms with Crippen molar-refractivity contribution in [1.29, 1.82) is 0 Å². The summed E-state index contributed by atoms with van der Waals surface area (Å²) >= 11 is 5.73. The lowest BCUT2D eigenvalue weighted by molar-refractivity contribution is 0.0695. The van der Waals surface area contributed by atoms with Crippen molar-refractivity contribution in [3.05, 3.63) is 45.0 Å². The zero-order valence-electron chi connectivity index (χ0n) is 9.69. The van der Waals surface area contributed by atoms with Gasteiger partial charge in [0.15, 0.2) is 0 Å². The summed E-state index contributed by atoms with van der Waals surface area (Å²) in [5, 5.41) is 9.01. The van der Waals surface area contributed by atoms with E-state index in [1.807, 2.05) is 0 Å². The number of hydrogen-bond acceptors (Lipinski definition) is 2. The highest BCUT2D eigenvalue weighted by molar-refractivity contribution is 6.31. The Kier molecular flexibility index (Phi) is 2.60. The van der Waals surface area contributed by atoms with Crippen LogP contribution in [0.3, 0.4) is 0 Å². The third-order valence-corrected chi connectivity index (χ3v) is 3.53. The topological polar surface area (TPSA) is 59.3 Å². The highest BCUT2D eigenvalue weighted by Gasteiger charge is 2.27. The van der Waals surface area contributed by atoms with Gasteiger partial charge in [-0.15, -0.1) is 0 Å². The van der Waals surface area contributed by atoms with Crippen LogP contribution in [0.4, 0.5) is 4.39 Å². The number of aromatic nitrogens is 1. The van der Waals surface area contributed by atoms with E-state index in [2.05, 4.69) is 0 Å². The van der Waals surface area contributed by atoms with Crippen LogP contribution in [0.5, 0.6) is 0 Å². The van der Waals surface area contributed by atoms with Gasteiger partial charge in [0.05, 0.1) is 10.5 Å². The van der Waals surface area contributed by atoms with Crippen LogP contribution < -0.4 is 5.43 Å². The van der Waals surface area contributed by atoms with Crippen LogP contribution in [0.25, 0.3) is 10.9 Å². The molecule has 98 valence electrons. The van der Waals surface area contributed by atoms with Gasteiger partial charge in [-0.3, -0.25) is 4.79 Å². The fourth-order valence-corrected chi connectivity index (χ4v) is 2.31. The molecule has 1 heterocycles. The van der Waals surface area contributed by atoms with E-state index in [1.165, 1.54) is 12.3 Å². The molecule has 1 aromatic heterocycles. The first-order valence-electron chi connectivity index (χ1n) is 5.76. The second-order valence-electron chi connectivity index (χ2n) is 4.60. The number of carbonyl (C=O) groups is 1. The van der Waals surface area contributed by atoms with Crippen LogP contribution in [0.2, 0.25) is 5.02 Å². The maximum Gasteiger partial charge on any atom is 0.341 e. The van der Waals surface area contributed by atoms with Crippen molar-refractivity contribution in [3.8, 4) is 0 Å². The number of hydrogen-bond donors (Lipinski definition) is 1. The van der Waals surface area contributed by atoms with E-state index in [9.17, 15) is 14.0 Å². The Morgan fingerprint density at radius 1 is 1.42 bits per heavy atom. The van der Waals surface area contributed by atoms with Gasteiger partial charge in [0.25, 0.3) is 0 Å². The minimum atomic E-state index is -1.31. The molecular weight excluding hydrogens is 272 g/mol. The van der Waals surface area contributed by atoms with Gasteiger partial charge in [-0.1, -0.05) is 11.6 Å². The summed E-state index contributed by atoms with van der Waals surface area (Å²) in [7, 11) is 0. The Balaban J connectivity index is 2.45. The van der Waals surface area contributed by atoms with Crippen molar-refractivity contribution < 1.29 is 14.3 Å². The number of aromatic carboxylic acids is 1. The van der Waals surface area contributed by atoms with Crippen LogP contribution in [-0.2, 0) is 0 Å². The van der Waals surface area contributed by atoms with Gasteiger partial charge in [-0.2, -0.15) is 0 Å². The standard InChI is InChI=1S/C13H9ClFNO3/c14-9-4-11-7(3-10(9)15)12(17)8(13(18)19)5-16(11)6-1-2-6/h3-6H,1-2H2,(H,18,19)/i15-1. The Morgan fingerprint density at radius 2 is 2.11 bits per heavy atom. The molecule has 3 rings (SSSR count). The normalized spacial score (nSPS) is 14.8. The Labute approximate surface area is 112 Å². The van der Waals surface area contributed by atoms with Gasteiger partial charge < -0.3 is 9.67 Å². The maximum atomic E-state index is 13.5. The molecule has 4 nitrogen and oxygen atoms in total. The first-order chi connectivity index (χ1) is 8.99. The van der Waals surface area contributed by atoms with Crippen molar-refractivity contribution in [1.82, 2.24) is 4.57 Å². The predicted molar refractivity (Wildman–Crippen MR) is 68.4 cm³/mol. The Morgan fingerprint density at radius 3 is 2.68 bits per heavy atom. The first-order valence-corrected chi connectivity index (χ1v) is 6.14. The summed E-state index contributed by atoms with van der Waals surface area (Å²) in [6.07, 6.45) is 3.14. The SMILES string of the molecule is O=C(O)c1cn(C2CC2)c2cc(Cl)c([18F])cc2c1=O. The van der Waals surface area contributed by atoms with Crippen LogP contribution >= 0.6 is 11.6 Å². The monoisotopic (exact) mass is 280 g/mol. The molecule has 19 heavy (non-hydrogen) atoms. The molecule has 1 N–H and O–H groups in total. The largest absolute Gasteiger partial charge is 0.477 e. The van der Waals surface area contributed by atoms with E-state index in [1.54, 1.807) is 4.57 Å². The summed E-state index contributed by atoms with van der Waals surface area (Å²) in [4.78, 5) is 23.1. The third-order valence-electron chi connectivity index (χ3n) is 3.24. The van der Waals surface area contributed by atoms with Crippen LogP contribution in [0, 0.1) is 5.82 Å². The summed E-state index contributed by atoms with van der Waals surface area (Å²) in [6, 6.07) is 2.53. The van der Waals surface area contributed by atoms with E-state index in [0.29, 0.717) is 5.52 Å². The van der Waals surface area contributed by atoms with Crippen LogP contribution in [0.15, 0.2) is 23.1 Å². The van der Waals surface area contributed by atoms with Crippen molar-refractivity contribution in [2.45, 2.75) is 18.9 Å². The fourth-order valence-electron chi connectivity index (χ4n) is 2.15. The lowest BCUT2D eigenvalue weighted by Crippen LogP contribution is -2.18. The van der Waals surface area contributed by atoms with Crippen molar-refractivity contribution in [2.75, 3.05) is 0 Å². The number of fused-ring (bicyclic) bond motifs is 1. The molecule has 0 unspecified atom stereocenters. The molecule has 0 spiro atoms. The number of nitrogens with zero attached hydrogens (tertiary/aromatic N) is 1. The summed E-state index contributed by atoms with van der Waals surface area (Å²) < 4.78 is 15.2. The minimum Gasteiger partial charge on any atom is -0.477 e. The second-order valence-corrected chi connectivity index (χ2v) is 5.01. The lowest BCUT2D eigenvalue weighted by Gasteiger charge is -2.11. The van der Waals surface area contributed by atoms with Crippen LogP contribution in [0.1, 0.15) is 29.2 Å². The van der Waals surface area contributed by atoms with E-state index in [-0.39, 0.29) is 22.0 Å². The molecule has 6 heteroatoms. The van der Waals surface area contributed by atoms with Gasteiger partial charge in [0.2, 0.25) is 5.43 Å². The second kappa shape index (κ2) is 4.06. The van der Waals surface area contributed by atoms with Crippen molar-refractivity contribution >= 4 is 28.5 Å². The highest BCUT2D eigenvalue weighted by Crippen LogP contribution is 2.37. The zero-order valence-corrected chi connectivity index (χ0v) is 10.4. The van der Waals surface area contributed by atoms with E-state index >= 15 is 0 Å². The molecule has 0 amide bonds. The van der Waals surface area contributed by atoms with E-state index < -0.39 is 17.2 Å². The third kappa shape index (κ3) is 1.90. The smallest absolute Gasteiger partial charge is 0.341 e. The summed E-state index contributed by atoms with van der Waals surface area (Å²) in [5.74, 6) is -2.03. The average Bonchev–Trinajstić information content (AvgIpc) is 3.16. The maximum absolute atomic E-state index is 13.5. The lowest BCUT2D eigenvalue weighted by atomic mass is 10.1. The quantitative estimate of drug-likeness (QED) is 0.920. The first kappa shape index (κ1) is 12.2. The molecule has 1 fully saturated rings. The molecular formula is C13H9ClFNO3. The van der Waals surface area contributed by atoms with Crippen molar-refractivity contribution in [3.63, 3.8) is 0 Å². The van der Waals surface area contributed by atoms with Gasteiger partial charge in [0, 0.05) is 17.6 Å². The van der Waals surface area contributed by atoms with Crippen LogP contribution in [-0.4, -0.2) is 15.6 Å². The van der Waals surface area contributed by atoms with Gasteiger partial charge >= 0.3 is 5.97 Å². The number of rotatable bonds is 2. The van der Waals surface area contributed by atoms with Gasteiger partial charge in [0.1, 0.15) is 11.4 Å². The molecule has 2 aromatic rings. The predicted octanol–water partition coefficient (Wildman–Crippen LogP) is 2.83. The number of carboxylic acid groups (broad SMARTS) is 1. The molecule has 0 saturated heterocycles. The molecule has 1 saturated carbocycles. The van der Waals surface area contributed by atoms with Gasteiger partial charge in [-0.05, 0) is 25.0 Å². The molecule has 0 atom stereocenters.